The number of hydrogen-bond acceptors (Lipinski definition) is 3. The van der Waals surface area contributed by atoms with Crippen LogP contribution >= 0.6 is 0 Å². The number of ether oxygens (including phenoxy) is 1. The van der Waals surface area contributed by atoms with E-state index in [0.29, 0.717) is 11.3 Å². The van der Waals surface area contributed by atoms with Crippen LogP contribution < -0.4 is 10.1 Å². The smallest absolute Gasteiger partial charge is 0.449 e. The quantitative estimate of drug-likeness (QED) is 0.396. The summed E-state index contributed by atoms with van der Waals surface area (Å²) in [5, 5.41) is 4.92. The van der Waals surface area contributed by atoms with Gasteiger partial charge in [0.15, 0.2) is 21.8 Å². The molecule has 0 radical (unpaired) electrons. The van der Waals surface area contributed by atoms with Crippen LogP contribution in [0, 0.1) is 0 Å². The monoisotopic (exact) mass is 404 g/mol. The van der Waals surface area contributed by atoms with Crippen LogP contribution in [0.2, 0.25) is 0 Å². The molecule has 3 nitrogen and oxygen atoms in total. The Labute approximate surface area is 162 Å². The highest BCUT2D eigenvalue weighted by Crippen LogP contribution is 2.39. The second kappa shape index (κ2) is 6.98. The third-order valence-corrected chi connectivity index (χ3v) is 5.51. The zero-order valence-electron chi connectivity index (χ0n) is 15.1. The topological polar surface area (TPSA) is 34.4 Å². The zero-order valence-corrected chi connectivity index (χ0v) is 15.9. The van der Waals surface area contributed by atoms with Crippen molar-refractivity contribution >= 4 is 44.2 Å². The molecule has 0 saturated heterocycles. The Morgan fingerprint density at radius 2 is 1.46 bits per heavy atom. The van der Waals surface area contributed by atoms with Gasteiger partial charge in [-0.3, -0.25) is 0 Å². The first kappa shape index (κ1) is 18.6. The zero-order chi connectivity index (χ0) is 19.9. The highest BCUT2D eigenvalue weighted by Gasteiger charge is 2.32. The molecule has 0 saturated carbocycles. The number of hydrogen-bond donors (Lipinski definition) is 1. The first-order chi connectivity index (χ1) is 13.3. The van der Waals surface area contributed by atoms with Gasteiger partial charge in [-0.2, -0.15) is 0 Å². The van der Waals surface area contributed by atoms with Crippen molar-refractivity contribution in [1.29, 1.82) is 0 Å². The van der Waals surface area contributed by atoms with Crippen molar-refractivity contribution in [2.75, 3.05) is 17.8 Å². The van der Waals surface area contributed by atoms with E-state index in [-0.39, 0.29) is 22.3 Å². The predicted molar refractivity (Wildman–Crippen MR) is 108 cm³/mol. The van der Waals surface area contributed by atoms with Crippen molar-refractivity contribution in [3.05, 3.63) is 60.7 Å². The largest absolute Gasteiger partial charge is 0.573 e. The summed E-state index contributed by atoms with van der Waals surface area (Å²) in [5.74, 6) is -0.299. The van der Waals surface area contributed by atoms with Gasteiger partial charge in [0.2, 0.25) is 0 Å². The Hall–Kier alpha value is -2.80. The molecule has 0 aliphatic heterocycles. The minimum atomic E-state index is -4.77. The van der Waals surface area contributed by atoms with E-state index in [4.69, 9.17) is 4.42 Å². The summed E-state index contributed by atoms with van der Waals surface area (Å²) in [5.41, 5.74) is 2.18. The molecule has 3 aromatic carbocycles. The Balaban J connectivity index is 1.83. The van der Waals surface area contributed by atoms with Gasteiger partial charge in [0.05, 0.1) is 11.4 Å². The number of anilines is 2. The highest BCUT2D eigenvalue weighted by molar-refractivity contribution is 7.95. The lowest BCUT2D eigenvalue weighted by Gasteiger charge is -2.14. The molecule has 144 valence electrons. The first-order valence-electron chi connectivity index (χ1n) is 8.47. The molecule has 4 rings (SSSR count). The summed E-state index contributed by atoms with van der Waals surface area (Å²) in [6.07, 6.45) is -0.534. The normalized spacial score (nSPS) is 12.1. The molecular formula is C21H17F3NO2S+. The molecule has 1 aromatic heterocycles. The maximum Gasteiger partial charge on any atom is 0.573 e. The third-order valence-electron chi connectivity index (χ3n) is 4.31. The van der Waals surface area contributed by atoms with Crippen molar-refractivity contribution in [3.63, 3.8) is 0 Å². The highest BCUT2D eigenvalue weighted by atomic mass is 32.2. The van der Waals surface area contributed by atoms with E-state index in [9.17, 15) is 13.2 Å². The lowest BCUT2D eigenvalue weighted by Crippen LogP contribution is -2.17. The van der Waals surface area contributed by atoms with E-state index < -0.39 is 6.36 Å². The number of para-hydroxylation sites is 4. The fourth-order valence-corrected chi connectivity index (χ4v) is 4.02. The lowest BCUT2D eigenvalue weighted by atomic mass is 10.1. The SMILES string of the molecule is C[S+](C)c1cccc2c1oc1c(Nc3ccccc3OC(F)(F)F)cccc12. The summed E-state index contributed by atoms with van der Waals surface area (Å²) < 4.78 is 48.4. The molecule has 0 unspecified atom stereocenters. The number of fused-ring (bicyclic) bond motifs is 3. The van der Waals surface area contributed by atoms with Gasteiger partial charge in [0, 0.05) is 21.7 Å². The number of halogens is 3. The van der Waals surface area contributed by atoms with E-state index in [1.165, 1.54) is 18.2 Å². The molecule has 1 N–H and O–H groups in total. The molecule has 0 aliphatic carbocycles. The van der Waals surface area contributed by atoms with Crippen molar-refractivity contribution in [2.24, 2.45) is 0 Å². The van der Waals surface area contributed by atoms with Crippen molar-refractivity contribution < 1.29 is 22.3 Å². The second-order valence-corrected chi connectivity index (χ2v) is 8.48. The number of furan rings is 1. The van der Waals surface area contributed by atoms with Crippen molar-refractivity contribution in [2.45, 2.75) is 11.3 Å². The summed E-state index contributed by atoms with van der Waals surface area (Å²) >= 11 is 0. The van der Waals surface area contributed by atoms with E-state index >= 15 is 0 Å². The van der Waals surface area contributed by atoms with Gasteiger partial charge in [-0.1, -0.05) is 36.4 Å². The van der Waals surface area contributed by atoms with Gasteiger partial charge in [0.25, 0.3) is 0 Å². The summed E-state index contributed by atoms with van der Waals surface area (Å²) in [4.78, 5) is 1.11. The fraction of sp³-hybridized carbons (Fsp3) is 0.143. The minimum Gasteiger partial charge on any atom is -0.449 e. The Morgan fingerprint density at radius 3 is 2.18 bits per heavy atom. The third kappa shape index (κ3) is 3.49. The molecule has 0 bridgehead atoms. The molecule has 0 amide bonds. The van der Waals surface area contributed by atoms with Crippen LogP contribution in [0.1, 0.15) is 0 Å². The van der Waals surface area contributed by atoms with Crippen LogP contribution in [-0.4, -0.2) is 18.9 Å². The molecule has 0 atom stereocenters. The minimum absolute atomic E-state index is 0.00100. The van der Waals surface area contributed by atoms with Crippen LogP contribution in [0.5, 0.6) is 5.75 Å². The molecular weight excluding hydrogens is 387 g/mol. The second-order valence-electron chi connectivity index (χ2n) is 6.40. The number of benzene rings is 3. The van der Waals surface area contributed by atoms with Gasteiger partial charge >= 0.3 is 6.36 Å². The molecule has 28 heavy (non-hydrogen) atoms. The van der Waals surface area contributed by atoms with Gasteiger partial charge in [0.1, 0.15) is 12.5 Å². The van der Waals surface area contributed by atoms with Crippen LogP contribution in [0.25, 0.3) is 21.9 Å². The van der Waals surface area contributed by atoms with Gasteiger partial charge < -0.3 is 14.5 Å². The average Bonchev–Trinajstić information content (AvgIpc) is 3.02. The molecule has 7 heteroatoms. The standard InChI is InChI=1S/C21H17F3NO2S/c1-28(2)18-12-6-8-14-13-7-5-10-16(19(13)26-20(14)18)25-15-9-3-4-11-17(15)27-21(22,23)24/h3-12,25H,1-2H3/q+1. The number of nitrogens with one attached hydrogen (secondary N) is 1. The Kier molecular flexibility index (Phi) is 4.63. The Morgan fingerprint density at radius 1 is 0.821 bits per heavy atom. The summed E-state index contributed by atoms with van der Waals surface area (Å²) in [6, 6.07) is 17.5. The van der Waals surface area contributed by atoms with Crippen LogP contribution in [0.15, 0.2) is 70.0 Å². The number of rotatable bonds is 4. The molecule has 4 aromatic rings. The van der Waals surface area contributed by atoms with Crippen molar-refractivity contribution in [1.82, 2.24) is 0 Å². The van der Waals surface area contributed by atoms with Gasteiger partial charge in [-0.15, -0.1) is 13.2 Å². The maximum absolute atomic E-state index is 12.7. The lowest BCUT2D eigenvalue weighted by molar-refractivity contribution is -0.274. The van der Waals surface area contributed by atoms with E-state index in [1.807, 2.05) is 30.3 Å². The predicted octanol–water partition coefficient (Wildman–Crippen LogP) is 6.47. The first-order valence-corrected chi connectivity index (χ1v) is 10.5. The molecule has 1 heterocycles. The maximum atomic E-state index is 12.7. The number of alkyl halides is 3. The summed E-state index contributed by atoms with van der Waals surface area (Å²) in [7, 11) is 0.00100. The van der Waals surface area contributed by atoms with Crippen LogP contribution in [-0.2, 0) is 10.9 Å². The molecule has 0 aliphatic rings. The van der Waals surface area contributed by atoms with Gasteiger partial charge in [-0.05, 0) is 24.3 Å². The van der Waals surface area contributed by atoms with E-state index in [2.05, 4.69) is 22.6 Å². The Bertz CT molecular complexity index is 1150. The van der Waals surface area contributed by atoms with Crippen LogP contribution in [0.3, 0.4) is 0 Å². The van der Waals surface area contributed by atoms with E-state index in [0.717, 1.165) is 21.3 Å². The van der Waals surface area contributed by atoms with Gasteiger partial charge in [-0.25, -0.2) is 0 Å². The average molecular weight is 404 g/mol. The van der Waals surface area contributed by atoms with E-state index in [1.54, 1.807) is 12.1 Å². The summed E-state index contributed by atoms with van der Waals surface area (Å²) in [6.45, 7) is 0. The molecule has 0 spiro atoms. The van der Waals surface area contributed by atoms with Crippen LogP contribution in [0.4, 0.5) is 24.5 Å². The van der Waals surface area contributed by atoms with Crippen molar-refractivity contribution in [3.8, 4) is 5.75 Å². The fourth-order valence-electron chi connectivity index (χ4n) is 3.14. The molecule has 0 fully saturated rings.